The molecular weight excluding hydrogens is 465 g/mol. The second-order valence-electron chi connectivity index (χ2n) is 8.79. The van der Waals surface area contributed by atoms with E-state index >= 15 is 0 Å². The maximum absolute atomic E-state index is 13.3. The molecule has 1 aliphatic carbocycles. The topological polar surface area (TPSA) is 125 Å². The number of halogens is 1. The van der Waals surface area contributed by atoms with Crippen molar-refractivity contribution >= 4 is 34.7 Å². The number of anilines is 3. The first-order valence-electron chi connectivity index (χ1n) is 11.6. The first kappa shape index (κ1) is 22.0. The molecule has 3 aromatic heterocycles. The van der Waals surface area contributed by atoms with E-state index in [4.69, 9.17) is 5.10 Å². The van der Waals surface area contributed by atoms with Crippen LogP contribution in [-0.4, -0.2) is 62.4 Å². The van der Waals surface area contributed by atoms with Gasteiger partial charge in [-0.15, -0.1) is 5.10 Å². The van der Waals surface area contributed by atoms with E-state index in [9.17, 15) is 19.1 Å². The predicted molar refractivity (Wildman–Crippen MR) is 131 cm³/mol. The van der Waals surface area contributed by atoms with Gasteiger partial charge in [0.15, 0.2) is 17.2 Å². The lowest BCUT2D eigenvalue weighted by Gasteiger charge is -2.20. The summed E-state index contributed by atoms with van der Waals surface area (Å²) in [7, 11) is 1.76. The van der Waals surface area contributed by atoms with Gasteiger partial charge in [-0.2, -0.15) is 0 Å². The van der Waals surface area contributed by atoms with E-state index in [2.05, 4.69) is 20.6 Å². The summed E-state index contributed by atoms with van der Waals surface area (Å²) in [4.78, 5) is 35.3. The molecule has 1 fully saturated rings. The first-order chi connectivity index (χ1) is 17.5. The van der Waals surface area contributed by atoms with Gasteiger partial charge >= 0.3 is 5.97 Å². The number of benzene rings is 1. The lowest BCUT2D eigenvalue weighted by Crippen LogP contribution is -2.28. The van der Waals surface area contributed by atoms with Crippen LogP contribution in [0.15, 0.2) is 48.8 Å². The molecule has 3 N–H and O–H groups in total. The highest BCUT2D eigenvalue weighted by atomic mass is 19.1. The lowest BCUT2D eigenvalue weighted by atomic mass is 9.98. The van der Waals surface area contributed by atoms with Crippen LogP contribution in [0.4, 0.5) is 21.6 Å². The van der Waals surface area contributed by atoms with Crippen molar-refractivity contribution in [2.75, 3.05) is 23.8 Å². The Morgan fingerprint density at radius 3 is 2.78 bits per heavy atom. The maximum atomic E-state index is 13.3. The molecule has 4 aromatic rings. The van der Waals surface area contributed by atoms with E-state index in [-0.39, 0.29) is 11.3 Å². The van der Waals surface area contributed by atoms with Gasteiger partial charge in [-0.1, -0.05) is 12.1 Å². The van der Waals surface area contributed by atoms with Gasteiger partial charge in [0.1, 0.15) is 6.17 Å². The summed E-state index contributed by atoms with van der Waals surface area (Å²) in [5, 5.41) is 20.2. The largest absolute Gasteiger partial charge is 0.478 e. The van der Waals surface area contributed by atoms with Crippen molar-refractivity contribution in [3.63, 3.8) is 0 Å². The molecule has 36 heavy (non-hydrogen) atoms. The van der Waals surface area contributed by atoms with Gasteiger partial charge < -0.3 is 20.6 Å². The zero-order chi connectivity index (χ0) is 25.0. The highest BCUT2D eigenvalue weighted by Crippen LogP contribution is 2.40. The minimum absolute atomic E-state index is 0.140. The molecule has 2 atom stereocenters. The molecule has 1 amide bonds. The zero-order valence-corrected chi connectivity index (χ0v) is 19.3. The highest BCUT2D eigenvalue weighted by Gasteiger charge is 2.39. The number of hydrogen-bond acceptors (Lipinski definition) is 7. The number of amides is 1. The molecular formula is C25H22FN7O3. The molecule has 0 saturated heterocycles. The van der Waals surface area contributed by atoms with Crippen molar-refractivity contribution < 1.29 is 19.1 Å². The molecule has 1 aromatic carbocycles. The van der Waals surface area contributed by atoms with E-state index in [0.717, 1.165) is 16.8 Å². The van der Waals surface area contributed by atoms with Crippen LogP contribution in [0.5, 0.6) is 0 Å². The molecule has 0 spiro atoms. The van der Waals surface area contributed by atoms with E-state index in [0.29, 0.717) is 42.2 Å². The van der Waals surface area contributed by atoms with Crippen molar-refractivity contribution in [3.8, 4) is 11.3 Å². The van der Waals surface area contributed by atoms with Crippen LogP contribution in [0.2, 0.25) is 0 Å². The molecule has 4 heterocycles. The number of alkyl halides is 1. The van der Waals surface area contributed by atoms with Crippen molar-refractivity contribution in [3.05, 3.63) is 65.6 Å². The monoisotopic (exact) mass is 487 g/mol. The van der Waals surface area contributed by atoms with Crippen LogP contribution in [0.3, 0.4) is 0 Å². The summed E-state index contributed by atoms with van der Waals surface area (Å²) in [6, 6.07) is 10.2. The Labute approximate surface area is 204 Å². The molecule has 2 aliphatic rings. The Kier molecular flexibility index (Phi) is 5.06. The number of carboxylic acids is 1. The van der Waals surface area contributed by atoms with Crippen LogP contribution in [0, 0.1) is 0 Å². The fourth-order valence-corrected chi connectivity index (χ4v) is 4.67. The molecule has 0 bridgehead atoms. The van der Waals surface area contributed by atoms with Gasteiger partial charge in [0.25, 0.3) is 5.91 Å². The third-order valence-electron chi connectivity index (χ3n) is 6.58. The van der Waals surface area contributed by atoms with Gasteiger partial charge in [-0.05, 0) is 30.2 Å². The van der Waals surface area contributed by atoms with Gasteiger partial charge in [-0.3, -0.25) is 9.78 Å². The third-order valence-corrected chi connectivity index (χ3v) is 6.58. The number of hydrogen-bond donors (Lipinski definition) is 3. The Balaban J connectivity index is 1.43. The van der Waals surface area contributed by atoms with E-state index in [1.807, 2.05) is 29.2 Å². The molecule has 10 nitrogen and oxygen atoms in total. The number of pyridine rings is 1. The van der Waals surface area contributed by atoms with Gasteiger partial charge in [-0.25, -0.2) is 18.7 Å². The molecule has 1 aliphatic heterocycles. The number of imidazole rings is 1. The van der Waals surface area contributed by atoms with E-state index < -0.39 is 24.1 Å². The molecule has 0 radical (unpaired) electrons. The standard InChI is InChI=1S/C25H22FN7O3/c1-27-18-11-21(31-33-20(12-29-23(18)33)24(34)30-17-10-16(17)26)32-9-7-13-14(4-2-6-19(13)32)22-15(25(35)36)5-3-8-28-22/h2-6,8,11-12,16-17,27H,7,9-10H2,1H3,(H,30,34)(H,35,36)/t16-,17+/m0/s1. The Bertz CT molecular complexity index is 1540. The summed E-state index contributed by atoms with van der Waals surface area (Å²) in [5.74, 6) is -0.878. The molecule has 0 unspecified atom stereocenters. The lowest BCUT2D eigenvalue weighted by molar-refractivity contribution is 0.0697. The number of carbonyl (C=O) groups excluding carboxylic acids is 1. The fraction of sp³-hybridized carbons (Fsp3) is 0.240. The summed E-state index contributed by atoms with van der Waals surface area (Å²) < 4.78 is 14.8. The van der Waals surface area contributed by atoms with Crippen molar-refractivity contribution in [2.24, 2.45) is 0 Å². The average Bonchev–Trinajstić information content (AvgIpc) is 3.25. The number of carboxylic acid groups (broad SMARTS) is 1. The quantitative estimate of drug-likeness (QED) is 0.379. The normalized spacial score (nSPS) is 18.2. The summed E-state index contributed by atoms with van der Waals surface area (Å²) >= 11 is 0. The molecule has 182 valence electrons. The fourth-order valence-electron chi connectivity index (χ4n) is 4.67. The molecule has 1 saturated carbocycles. The minimum atomic E-state index is -1.03. The number of rotatable bonds is 6. The van der Waals surface area contributed by atoms with Crippen molar-refractivity contribution in [1.82, 2.24) is 24.9 Å². The minimum Gasteiger partial charge on any atom is -0.478 e. The second-order valence-corrected chi connectivity index (χ2v) is 8.79. The maximum Gasteiger partial charge on any atom is 0.337 e. The van der Waals surface area contributed by atoms with Gasteiger partial charge in [0, 0.05) is 43.5 Å². The Hall–Kier alpha value is -4.54. The predicted octanol–water partition coefficient (Wildman–Crippen LogP) is 3.07. The summed E-state index contributed by atoms with van der Waals surface area (Å²) in [6.07, 6.45) is 2.98. The van der Waals surface area contributed by atoms with Crippen LogP contribution >= 0.6 is 0 Å². The number of nitrogens with one attached hydrogen (secondary N) is 2. The van der Waals surface area contributed by atoms with E-state index in [1.54, 1.807) is 25.4 Å². The van der Waals surface area contributed by atoms with E-state index in [1.165, 1.54) is 10.7 Å². The number of fused-ring (bicyclic) bond motifs is 2. The SMILES string of the molecule is CNc1cc(N2CCc3c(-c4ncccc4C(=O)O)cccc32)nn2c(C(=O)N[C@@H]3C[C@@H]3F)cnc12. The summed E-state index contributed by atoms with van der Waals surface area (Å²) in [5.41, 5.74) is 4.55. The zero-order valence-electron chi connectivity index (χ0n) is 19.3. The number of aromatic carboxylic acids is 1. The second kappa shape index (κ2) is 8.29. The first-order valence-corrected chi connectivity index (χ1v) is 11.6. The molecule has 6 rings (SSSR count). The van der Waals surface area contributed by atoms with Crippen molar-refractivity contribution in [2.45, 2.75) is 25.1 Å². The average molecular weight is 487 g/mol. The number of aromatic nitrogens is 4. The summed E-state index contributed by atoms with van der Waals surface area (Å²) in [6.45, 7) is 0.602. The third kappa shape index (κ3) is 3.51. The van der Waals surface area contributed by atoms with Crippen LogP contribution < -0.4 is 15.5 Å². The van der Waals surface area contributed by atoms with Crippen LogP contribution in [-0.2, 0) is 6.42 Å². The highest BCUT2D eigenvalue weighted by molar-refractivity contribution is 5.96. The smallest absolute Gasteiger partial charge is 0.337 e. The Morgan fingerprint density at radius 2 is 2.03 bits per heavy atom. The van der Waals surface area contributed by atoms with Gasteiger partial charge in [0.2, 0.25) is 0 Å². The van der Waals surface area contributed by atoms with Gasteiger partial charge in [0.05, 0.1) is 29.2 Å². The van der Waals surface area contributed by atoms with Crippen molar-refractivity contribution in [1.29, 1.82) is 0 Å². The number of nitrogens with zero attached hydrogens (tertiary/aromatic N) is 5. The van der Waals surface area contributed by atoms with Crippen LogP contribution in [0.1, 0.15) is 32.8 Å². The van der Waals surface area contributed by atoms with Crippen LogP contribution in [0.25, 0.3) is 16.9 Å². The number of carbonyl (C=O) groups is 2. The molecule has 11 heteroatoms. The Morgan fingerprint density at radius 1 is 1.19 bits per heavy atom.